The number of ketones is 1. The molecule has 3 heteroatoms. The van der Waals surface area contributed by atoms with Crippen molar-refractivity contribution in [1.82, 2.24) is 0 Å². The second-order valence-corrected chi connectivity index (χ2v) is 4.57. The molecule has 1 atom stereocenters. The lowest BCUT2D eigenvalue weighted by atomic mass is 10.0. The zero-order chi connectivity index (χ0) is 12.4. The predicted molar refractivity (Wildman–Crippen MR) is 68.1 cm³/mol. The minimum absolute atomic E-state index is 0.0264. The van der Waals surface area contributed by atoms with Gasteiger partial charge in [-0.15, -0.1) is 0 Å². The normalized spacial score (nSPS) is 12.9. The summed E-state index contributed by atoms with van der Waals surface area (Å²) in [6.07, 6.45) is 0.440. The summed E-state index contributed by atoms with van der Waals surface area (Å²) in [5, 5.41) is 0.980. The highest BCUT2D eigenvalue weighted by atomic mass is 16.3. The number of aryl methyl sites for hydroxylation is 1. The van der Waals surface area contributed by atoms with Gasteiger partial charge in [-0.1, -0.05) is 25.1 Å². The fourth-order valence-corrected chi connectivity index (χ4v) is 1.85. The van der Waals surface area contributed by atoms with E-state index < -0.39 is 0 Å². The predicted octanol–water partition coefficient (Wildman–Crippen LogP) is 2.91. The monoisotopic (exact) mass is 231 g/mol. The fourth-order valence-electron chi connectivity index (χ4n) is 1.85. The van der Waals surface area contributed by atoms with Crippen molar-refractivity contribution in [3.05, 3.63) is 35.6 Å². The van der Waals surface area contributed by atoms with Crippen molar-refractivity contribution in [3.8, 4) is 0 Å². The second kappa shape index (κ2) is 4.72. The quantitative estimate of drug-likeness (QED) is 0.823. The summed E-state index contributed by atoms with van der Waals surface area (Å²) in [6, 6.07) is 7.70. The molecule has 17 heavy (non-hydrogen) atoms. The van der Waals surface area contributed by atoms with E-state index in [0.717, 1.165) is 16.5 Å². The van der Waals surface area contributed by atoms with Crippen molar-refractivity contribution in [2.75, 3.05) is 6.54 Å². The molecule has 0 bridgehead atoms. The number of rotatable bonds is 4. The van der Waals surface area contributed by atoms with E-state index in [1.165, 1.54) is 0 Å². The minimum Gasteiger partial charge on any atom is -0.453 e. The maximum absolute atomic E-state index is 11.9. The number of para-hydroxylation sites is 1. The van der Waals surface area contributed by atoms with Gasteiger partial charge in [-0.2, -0.15) is 0 Å². The highest BCUT2D eigenvalue weighted by molar-refractivity contribution is 5.98. The van der Waals surface area contributed by atoms with Gasteiger partial charge in [0.15, 0.2) is 11.5 Å². The molecular weight excluding hydrogens is 214 g/mol. The Kier molecular flexibility index (Phi) is 3.29. The van der Waals surface area contributed by atoms with Crippen LogP contribution in [0.15, 0.2) is 28.7 Å². The fraction of sp³-hybridized carbons (Fsp3) is 0.357. The topological polar surface area (TPSA) is 56.2 Å². The van der Waals surface area contributed by atoms with Crippen LogP contribution in [0, 0.1) is 12.8 Å². The third-order valence-electron chi connectivity index (χ3n) is 2.95. The first-order chi connectivity index (χ1) is 8.11. The molecule has 2 N–H and O–H groups in total. The van der Waals surface area contributed by atoms with Crippen LogP contribution in [0.3, 0.4) is 0 Å². The van der Waals surface area contributed by atoms with Crippen LogP contribution in [-0.2, 0) is 0 Å². The number of hydrogen-bond donors (Lipinski definition) is 1. The molecular formula is C14H17NO2. The molecule has 0 aliphatic carbocycles. The Morgan fingerprint density at radius 1 is 1.47 bits per heavy atom. The molecule has 0 fully saturated rings. The number of furan rings is 1. The maximum Gasteiger partial charge on any atom is 0.198 e. The van der Waals surface area contributed by atoms with Crippen LogP contribution in [0.25, 0.3) is 11.0 Å². The Morgan fingerprint density at radius 3 is 2.88 bits per heavy atom. The number of nitrogens with two attached hydrogens (primary N) is 1. The van der Waals surface area contributed by atoms with Crippen molar-refractivity contribution in [2.45, 2.75) is 20.3 Å². The molecule has 3 nitrogen and oxygen atoms in total. The summed E-state index contributed by atoms with van der Waals surface area (Å²) in [4.78, 5) is 11.9. The molecule has 0 aliphatic heterocycles. The lowest BCUT2D eigenvalue weighted by molar-refractivity contribution is 0.0941. The molecule has 2 rings (SSSR count). The van der Waals surface area contributed by atoms with E-state index in [2.05, 4.69) is 0 Å². The van der Waals surface area contributed by atoms with E-state index >= 15 is 0 Å². The van der Waals surface area contributed by atoms with Crippen molar-refractivity contribution >= 4 is 16.8 Å². The van der Waals surface area contributed by atoms with Gasteiger partial charge in [0.2, 0.25) is 0 Å². The number of fused-ring (bicyclic) bond motifs is 1. The van der Waals surface area contributed by atoms with Crippen LogP contribution in [0.2, 0.25) is 0 Å². The van der Waals surface area contributed by atoms with E-state index in [1.54, 1.807) is 0 Å². The van der Waals surface area contributed by atoms with Crippen molar-refractivity contribution in [1.29, 1.82) is 0 Å². The van der Waals surface area contributed by atoms with Gasteiger partial charge >= 0.3 is 0 Å². The SMILES string of the molecule is Cc1cccc2cc(C(=O)CC(C)CN)oc12. The second-order valence-electron chi connectivity index (χ2n) is 4.57. The van der Waals surface area contributed by atoms with Crippen LogP contribution in [0.1, 0.15) is 29.5 Å². The maximum atomic E-state index is 11.9. The van der Waals surface area contributed by atoms with Gasteiger partial charge in [-0.05, 0) is 31.0 Å². The van der Waals surface area contributed by atoms with Gasteiger partial charge in [0.25, 0.3) is 0 Å². The third-order valence-corrected chi connectivity index (χ3v) is 2.95. The largest absolute Gasteiger partial charge is 0.453 e. The molecule has 0 saturated heterocycles. The highest BCUT2D eigenvalue weighted by Gasteiger charge is 2.15. The van der Waals surface area contributed by atoms with Crippen molar-refractivity contribution in [3.63, 3.8) is 0 Å². The molecule has 0 amide bonds. The number of Topliss-reactive ketones (excluding diaryl/α,β-unsaturated/α-hetero) is 1. The number of benzene rings is 1. The van der Waals surface area contributed by atoms with Gasteiger partial charge < -0.3 is 10.2 Å². The molecule has 0 radical (unpaired) electrons. The van der Waals surface area contributed by atoms with Crippen LogP contribution in [0.4, 0.5) is 0 Å². The van der Waals surface area contributed by atoms with Crippen LogP contribution >= 0.6 is 0 Å². The van der Waals surface area contributed by atoms with E-state index in [0.29, 0.717) is 18.7 Å². The van der Waals surface area contributed by atoms with Gasteiger partial charge in [0.1, 0.15) is 5.58 Å². The Balaban J connectivity index is 2.30. The van der Waals surface area contributed by atoms with E-state index in [1.807, 2.05) is 38.1 Å². The summed E-state index contributed by atoms with van der Waals surface area (Å²) in [6.45, 7) is 4.46. The third kappa shape index (κ3) is 2.39. The first kappa shape index (κ1) is 11.9. The van der Waals surface area contributed by atoms with Crippen LogP contribution in [-0.4, -0.2) is 12.3 Å². The Hall–Kier alpha value is -1.61. The smallest absolute Gasteiger partial charge is 0.198 e. The van der Waals surface area contributed by atoms with E-state index in [4.69, 9.17) is 10.2 Å². The molecule has 90 valence electrons. The molecule has 0 spiro atoms. The van der Waals surface area contributed by atoms with E-state index in [-0.39, 0.29) is 11.7 Å². The zero-order valence-corrected chi connectivity index (χ0v) is 10.2. The van der Waals surface area contributed by atoms with Gasteiger partial charge in [-0.3, -0.25) is 4.79 Å². The highest BCUT2D eigenvalue weighted by Crippen LogP contribution is 2.23. The van der Waals surface area contributed by atoms with Gasteiger partial charge in [-0.25, -0.2) is 0 Å². The molecule has 0 aliphatic rings. The van der Waals surface area contributed by atoms with Crippen molar-refractivity contribution in [2.24, 2.45) is 11.7 Å². The average Bonchev–Trinajstić information content (AvgIpc) is 2.74. The average molecular weight is 231 g/mol. The Bertz CT molecular complexity index is 542. The molecule has 1 aromatic carbocycles. The van der Waals surface area contributed by atoms with Crippen molar-refractivity contribution < 1.29 is 9.21 Å². The Morgan fingerprint density at radius 2 is 2.24 bits per heavy atom. The van der Waals surface area contributed by atoms with Gasteiger partial charge in [0.05, 0.1) is 0 Å². The molecule has 1 aromatic heterocycles. The Labute approximate surface area is 101 Å². The first-order valence-corrected chi connectivity index (χ1v) is 5.84. The summed E-state index contributed by atoms with van der Waals surface area (Å²) >= 11 is 0. The molecule has 2 aromatic rings. The molecule has 1 unspecified atom stereocenters. The molecule has 1 heterocycles. The van der Waals surface area contributed by atoms with Crippen LogP contribution in [0.5, 0.6) is 0 Å². The summed E-state index contributed by atoms with van der Waals surface area (Å²) in [5.74, 6) is 0.657. The van der Waals surface area contributed by atoms with E-state index in [9.17, 15) is 4.79 Å². The summed E-state index contributed by atoms with van der Waals surface area (Å²) in [5.41, 5.74) is 7.37. The molecule has 0 saturated carbocycles. The summed E-state index contributed by atoms with van der Waals surface area (Å²) in [7, 11) is 0. The zero-order valence-electron chi connectivity index (χ0n) is 10.2. The lowest BCUT2D eigenvalue weighted by Crippen LogP contribution is -2.14. The standard InChI is InChI=1S/C14H17NO2/c1-9(8-15)6-12(16)13-7-11-5-3-4-10(2)14(11)17-13/h3-5,7,9H,6,8,15H2,1-2H3. The summed E-state index contributed by atoms with van der Waals surface area (Å²) < 4.78 is 5.62. The minimum atomic E-state index is 0.0264. The van der Waals surface area contributed by atoms with Crippen LogP contribution < -0.4 is 5.73 Å². The first-order valence-electron chi connectivity index (χ1n) is 5.84. The number of hydrogen-bond acceptors (Lipinski definition) is 3. The van der Waals surface area contributed by atoms with Gasteiger partial charge in [0, 0.05) is 11.8 Å². The lowest BCUT2D eigenvalue weighted by Gasteiger charge is -2.04. The number of carbonyl (C=O) groups excluding carboxylic acids is 1. The number of carbonyl (C=O) groups is 1.